The Hall–Kier alpha value is -0.380. The second-order valence-electron chi connectivity index (χ2n) is 0.885. The van der Waals surface area contributed by atoms with Gasteiger partial charge < -0.3 is 26.6 Å². The molecular weight excluding hydrogens is 234 g/mol. The van der Waals surface area contributed by atoms with Crippen molar-refractivity contribution in [1.82, 2.24) is 12.3 Å². The van der Waals surface area contributed by atoms with E-state index in [-0.39, 0.29) is 12.3 Å². The molecule has 0 rings (SSSR count). The lowest BCUT2D eigenvalue weighted by molar-refractivity contribution is 0.311. The molecule has 0 aromatic rings. The summed E-state index contributed by atoms with van der Waals surface area (Å²) in [4.78, 5) is 0. The summed E-state index contributed by atoms with van der Waals surface area (Å²) in [5.41, 5.74) is 0. The number of hydrogen-bond acceptors (Lipinski definition) is 9. The van der Waals surface area contributed by atoms with Gasteiger partial charge in [-0.15, -0.1) is 0 Å². The monoisotopic (exact) mass is 245 g/mol. The van der Waals surface area contributed by atoms with Gasteiger partial charge in [0.1, 0.15) is 0 Å². The van der Waals surface area contributed by atoms with Crippen molar-refractivity contribution in [2.75, 3.05) is 0 Å². The average Bonchev–Trinajstić information content (AvgIpc) is 1.60. The third-order valence-electron chi connectivity index (χ3n) is 0.167. The molecular formula is H11N3O8S2. The lowest BCUT2D eigenvalue weighted by atomic mass is 13.6. The van der Waals surface area contributed by atoms with Crippen molar-refractivity contribution >= 4 is 20.8 Å². The van der Waals surface area contributed by atoms with Gasteiger partial charge in [-0.1, -0.05) is 0 Å². The maximum Gasteiger partial charge on any atom is 0.231 e. The van der Waals surface area contributed by atoms with Crippen molar-refractivity contribution in [1.29, 1.82) is 0 Å². The van der Waals surface area contributed by atoms with E-state index < -0.39 is 20.8 Å². The van der Waals surface area contributed by atoms with E-state index >= 15 is 0 Å². The first kappa shape index (κ1) is 22.9. The summed E-state index contributed by atoms with van der Waals surface area (Å²) < 4.78 is 58.2. The van der Waals surface area contributed by atoms with Crippen molar-refractivity contribution in [3.8, 4) is 0 Å². The Morgan fingerprint density at radius 2 is 1.08 bits per heavy atom. The van der Waals surface area contributed by atoms with E-state index in [1.807, 2.05) is 0 Å². The highest BCUT2D eigenvalue weighted by atomic mass is 32.3. The Morgan fingerprint density at radius 1 is 0.923 bits per heavy atom. The molecule has 0 atom stereocenters. The van der Waals surface area contributed by atoms with Gasteiger partial charge in [0.25, 0.3) is 0 Å². The molecule has 11 N–H and O–H groups in total. The third-order valence-corrected chi connectivity index (χ3v) is 1.50. The lowest BCUT2D eigenvalue weighted by Gasteiger charge is -2.08. The molecule has 0 aromatic heterocycles. The highest BCUT2D eigenvalue weighted by Gasteiger charge is 1.99. The largest absolute Gasteiger partial charge is 0.725 e. The van der Waals surface area contributed by atoms with Crippen LogP contribution in [-0.2, 0) is 24.4 Å². The van der Waals surface area contributed by atoms with E-state index in [9.17, 15) is 25.9 Å². The Labute approximate surface area is 74.5 Å². The lowest BCUT2D eigenvalue weighted by Crippen LogP contribution is -2.11. The molecule has 11 nitrogen and oxygen atoms in total. The van der Waals surface area contributed by atoms with Crippen molar-refractivity contribution in [2.45, 2.75) is 0 Å². The summed E-state index contributed by atoms with van der Waals surface area (Å²) in [6, 6.07) is 0. The van der Waals surface area contributed by atoms with Gasteiger partial charge in [0.05, 0.1) is 0 Å². The van der Waals surface area contributed by atoms with Crippen LogP contribution in [0.3, 0.4) is 0 Å². The van der Waals surface area contributed by atoms with E-state index in [2.05, 4.69) is 9.53 Å². The van der Waals surface area contributed by atoms with Gasteiger partial charge in [-0.2, -0.15) is 3.63 Å². The van der Waals surface area contributed by atoms with Crippen LogP contribution in [0, 0.1) is 0 Å². The number of nitrogens with two attached hydrogens (primary N) is 1. The van der Waals surface area contributed by atoms with E-state index in [0.29, 0.717) is 0 Å². The summed E-state index contributed by atoms with van der Waals surface area (Å²) in [5, 5.41) is 6.50. The molecule has 0 saturated carbocycles. The summed E-state index contributed by atoms with van der Waals surface area (Å²) in [5.74, 6) is 3.50. The molecule has 0 fully saturated rings. The zero-order chi connectivity index (χ0) is 9.71. The van der Waals surface area contributed by atoms with Gasteiger partial charge in [0, 0.05) is 0 Å². The predicted octanol–water partition coefficient (Wildman–Crippen LogP) is -1.99. The zero-order valence-electron chi connectivity index (χ0n) is 6.70. The average molecular weight is 245 g/mol. The van der Waals surface area contributed by atoms with Gasteiger partial charge in [0.2, 0.25) is 20.8 Å². The molecule has 0 aliphatic carbocycles. The topological polar surface area (TPSA) is 243 Å². The maximum atomic E-state index is 9.29. The molecule has 13 heteroatoms. The second-order valence-corrected chi connectivity index (χ2v) is 3.06. The molecule has 0 saturated heterocycles. The molecule has 0 aliphatic heterocycles. The fourth-order valence-electron chi connectivity index (χ4n) is 0.102. The van der Waals surface area contributed by atoms with Gasteiger partial charge in [-0.25, -0.2) is 22.7 Å². The minimum Gasteiger partial charge on any atom is -0.725 e. The maximum absolute atomic E-state index is 9.29. The van der Waals surface area contributed by atoms with E-state index in [4.69, 9.17) is 5.21 Å². The molecule has 0 heterocycles. The normalized spacial score (nSPS) is 9.85. The van der Waals surface area contributed by atoms with Crippen LogP contribution in [0.2, 0.25) is 0 Å². The van der Waals surface area contributed by atoms with Crippen LogP contribution in [0.5, 0.6) is 0 Å². The van der Waals surface area contributed by atoms with Gasteiger partial charge in [-0.3, -0.25) is 0 Å². The van der Waals surface area contributed by atoms with Gasteiger partial charge >= 0.3 is 0 Å². The van der Waals surface area contributed by atoms with Crippen LogP contribution < -0.4 is 18.2 Å². The minimum absolute atomic E-state index is 0. The van der Waals surface area contributed by atoms with Crippen LogP contribution >= 0.6 is 0 Å². The molecule has 0 radical (unpaired) electrons. The molecule has 0 bridgehead atoms. The van der Waals surface area contributed by atoms with Crippen molar-refractivity contribution in [3.05, 3.63) is 0 Å². The van der Waals surface area contributed by atoms with Crippen LogP contribution in [0.1, 0.15) is 0 Å². The fourth-order valence-corrected chi connectivity index (χ4v) is 0.919. The molecule has 0 unspecified atom stereocenters. The Balaban J connectivity index is -0.0000000941. The Kier molecular flexibility index (Phi) is 14.5. The van der Waals surface area contributed by atoms with Crippen molar-refractivity contribution in [2.24, 2.45) is 5.90 Å². The number of hydrogen-bond donors (Lipinski definition) is 4. The van der Waals surface area contributed by atoms with Gasteiger partial charge in [0.15, 0.2) is 0 Å². The Morgan fingerprint density at radius 3 is 1.08 bits per heavy atom. The van der Waals surface area contributed by atoms with Crippen LogP contribution in [0.4, 0.5) is 0 Å². The standard InChI is InChI=1S/H3NO.2H3N.H2O7S2/c1-2;;;1-8(2,3)7-9(4,5)6/h2H,1H2;2*1H3;(H,1,2,3)(H,4,5,6). The van der Waals surface area contributed by atoms with Crippen LogP contribution in [0.25, 0.3) is 0 Å². The molecule has 13 heavy (non-hydrogen) atoms. The summed E-state index contributed by atoms with van der Waals surface area (Å²) in [7, 11) is -10.9. The quantitative estimate of drug-likeness (QED) is 0.238. The highest BCUT2D eigenvalue weighted by Crippen LogP contribution is 1.91. The Bertz CT molecular complexity index is 243. The zero-order valence-corrected chi connectivity index (χ0v) is 8.33. The number of quaternary nitrogens is 2. The first-order chi connectivity index (χ1) is 4.71. The smallest absolute Gasteiger partial charge is 0.231 e. The minimum atomic E-state index is -5.43. The van der Waals surface area contributed by atoms with E-state index in [1.165, 1.54) is 0 Å². The summed E-state index contributed by atoms with van der Waals surface area (Å²) >= 11 is 0. The molecule has 0 amide bonds. The molecule has 0 aliphatic rings. The highest BCUT2D eigenvalue weighted by molar-refractivity contribution is 7.94. The van der Waals surface area contributed by atoms with E-state index in [0.717, 1.165) is 0 Å². The van der Waals surface area contributed by atoms with Crippen LogP contribution in [0.15, 0.2) is 0 Å². The van der Waals surface area contributed by atoms with Gasteiger partial charge in [-0.05, 0) is 0 Å². The predicted molar refractivity (Wildman–Crippen MR) is 38.4 cm³/mol. The fraction of sp³-hybridized carbons (Fsp3) is 0. The molecule has 86 valence electrons. The first-order valence-electron chi connectivity index (χ1n) is 1.59. The SMILES string of the molecule is NO.O=S(=O)([O-])OS(=O)(=O)[O-].[NH4+].[NH4+]. The van der Waals surface area contributed by atoms with Crippen LogP contribution in [-0.4, -0.2) is 31.1 Å². The molecule has 0 spiro atoms. The van der Waals surface area contributed by atoms with E-state index in [1.54, 1.807) is 0 Å². The third kappa shape index (κ3) is 34.0. The van der Waals surface area contributed by atoms with Crippen molar-refractivity contribution < 1.29 is 34.8 Å². The summed E-state index contributed by atoms with van der Waals surface area (Å²) in [6.45, 7) is 0. The number of rotatable bonds is 2. The second kappa shape index (κ2) is 8.23. The molecule has 0 aromatic carbocycles. The summed E-state index contributed by atoms with van der Waals surface area (Å²) in [6.07, 6.45) is 0. The van der Waals surface area contributed by atoms with Crippen molar-refractivity contribution in [3.63, 3.8) is 0 Å². The first-order valence-corrected chi connectivity index (χ1v) is 4.26.